The van der Waals surface area contributed by atoms with Gasteiger partial charge in [0.25, 0.3) is 0 Å². The van der Waals surface area contributed by atoms with Crippen molar-refractivity contribution in [3.05, 3.63) is 54.1 Å². The second-order valence-electron chi connectivity index (χ2n) is 6.58. The van der Waals surface area contributed by atoms with Crippen molar-refractivity contribution in [2.75, 3.05) is 23.3 Å². The number of piperidine rings is 1. The van der Waals surface area contributed by atoms with E-state index >= 15 is 0 Å². The van der Waals surface area contributed by atoms with Crippen molar-refractivity contribution in [1.29, 1.82) is 0 Å². The molecule has 0 unspecified atom stereocenters. The first-order chi connectivity index (χ1) is 12.2. The van der Waals surface area contributed by atoms with Crippen molar-refractivity contribution in [1.82, 2.24) is 4.98 Å². The molecule has 25 heavy (non-hydrogen) atoms. The highest BCUT2D eigenvalue weighted by molar-refractivity contribution is 7.22. The lowest BCUT2D eigenvalue weighted by molar-refractivity contribution is -0.120. The van der Waals surface area contributed by atoms with Gasteiger partial charge in [0.2, 0.25) is 5.91 Å². The molecule has 0 aliphatic carbocycles. The molecule has 1 saturated heterocycles. The molecular weight excluding hydrogens is 330 g/mol. The second kappa shape index (κ2) is 6.84. The molecule has 1 aliphatic rings. The Labute approximate surface area is 151 Å². The summed E-state index contributed by atoms with van der Waals surface area (Å²) < 4.78 is 1.24. The van der Waals surface area contributed by atoms with E-state index in [1.54, 1.807) is 11.3 Å². The number of para-hydroxylation sites is 1. The van der Waals surface area contributed by atoms with Gasteiger partial charge in [-0.1, -0.05) is 35.6 Å². The van der Waals surface area contributed by atoms with E-state index in [1.165, 1.54) is 10.3 Å². The van der Waals surface area contributed by atoms with Gasteiger partial charge in [0, 0.05) is 24.7 Å². The Bertz CT molecular complexity index is 882. The topological polar surface area (TPSA) is 45.2 Å². The molecule has 0 bridgehead atoms. The molecule has 2 heterocycles. The van der Waals surface area contributed by atoms with Gasteiger partial charge < -0.3 is 10.2 Å². The van der Waals surface area contributed by atoms with Crippen molar-refractivity contribution >= 4 is 38.3 Å². The van der Waals surface area contributed by atoms with Crippen LogP contribution in [-0.2, 0) is 4.79 Å². The fourth-order valence-electron chi connectivity index (χ4n) is 3.25. The van der Waals surface area contributed by atoms with Crippen LogP contribution in [0.5, 0.6) is 0 Å². The number of carbonyl (C=O) groups is 1. The summed E-state index contributed by atoms with van der Waals surface area (Å²) in [5.74, 6) is 0.207. The summed E-state index contributed by atoms with van der Waals surface area (Å²) in [5.41, 5.74) is 3.20. The van der Waals surface area contributed by atoms with Crippen LogP contribution in [0.3, 0.4) is 0 Å². The van der Waals surface area contributed by atoms with Crippen LogP contribution in [0.1, 0.15) is 18.4 Å². The van der Waals surface area contributed by atoms with E-state index in [0.29, 0.717) is 0 Å². The predicted molar refractivity (Wildman–Crippen MR) is 104 cm³/mol. The minimum atomic E-state index is 0.0769. The molecule has 128 valence electrons. The highest BCUT2D eigenvalue weighted by Gasteiger charge is 2.26. The van der Waals surface area contributed by atoms with E-state index in [4.69, 9.17) is 4.98 Å². The average molecular weight is 351 g/mol. The average Bonchev–Trinajstić information content (AvgIpc) is 3.06. The first-order valence-electron chi connectivity index (χ1n) is 8.67. The molecule has 1 aromatic heterocycles. The molecule has 0 atom stereocenters. The number of hydrogen-bond acceptors (Lipinski definition) is 4. The van der Waals surface area contributed by atoms with E-state index in [2.05, 4.69) is 35.3 Å². The number of nitrogens with one attached hydrogen (secondary N) is 1. The number of thiazole rings is 1. The van der Waals surface area contributed by atoms with E-state index in [9.17, 15) is 4.79 Å². The van der Waals surface area contributed by atoms with Gasteiger partial charge in [-0.05, 0) is 49.6 Å². The third-order valence-corrected chi connectivity index (χ3v) is 5.79. The standard InChI is InChI=1S/C20H21N3OS/c1-14-7-8-17-18(13-14)25-20(22-17)23-11-9-15(10-12-23)19(24)21-16-5-3-2-4-6-16/h2-8,13,15H,9-12H2,1H3,(H,21,24). The van der Waals surface area contributed by atoms with Crippen LogP contribution in [0, 0.1) is 12.8 Å². The maximum Gasteiger partial charge on any atom is 0.227 e. The Balaban J connectivity index is 1.39. The zero-order valence-electron chi connectivity index (χ0n) is 14.2. The molecule has 1 fully saturated rings. The number of rotatable bonds is 3. The Morgan fingerprint density at radius 3 is 2.68 bits per heavy atom. The summed E-state index contributed by atoms with van der Waals surface area (Å²) in [6, 6.07) is 16.1. The van der Waals surface area contributed by atoms with Crippen molar-refractivity contribution < 1.29 is 4.79 Å². The lowest BCUT2D eigenvalue weighted by Gasteiger charge is -2.31. The number of aromatic nitrogens is 1. The van der Waals surface area contributed by atoms with Crippen LogP contribution < -0.4 is 10.2 Å². The summed E-state index contributed by atoms with van der Waals surface area (Å²) in [7, 11) is 0. The molecule has 4 rings (SSSR count). The molecule has 0 saturated carbocycles. The first kappa shape index (κ1) is 16.1. The van der Waals surface area contributed by atoms with Crippen molar-refractivity contribution in [3.8, 4) is 0 Å². The van der Waals surface area contributed by atoms with Crippen LogP contribution in [0.25, 0.3) is 10.2 Å². The lowest BCUT2D eigenvalue weighted by atomic mass is 9.96. The third kappa shape index (κ3) is 3.51. The number of anilines is 2. The Kier molecular flexibility index (Phi) is 4.40. The van der Waals surface area contributed by atoms with Crippen molar-refractivity contribution in [3.63, 3.8) is 0 Å². The largest absolute Gasteiger partial charge is 0.348 e. The summed E-state index contributed by atoms with van der Waals surface area (Å²) in [4.78, 5) is 19.5. The Hall–Kier alpha value is -2.40. The quantitative estimate of drug-likeness (QED) is 0.758. The summed E-state index contributed by atoms with van der Waals surface area (Å²) >= 11 is 1.74. The minimum absolute atomic E-state index is 0.0769. The number of aryl methyl sites for hydroxylation is 1. The second-order valence-corrected chi connectivity index (χ2v) is 7.59. The van der Waals surface area contributed by atoms with Gasteiger partial charge in [-0.2, -0.15) is 0 Å². The van der Waals surface area contributed by atoms with Crippen LogP contribution in [0.4, 0.5) is 10.8 Å². The van der Waals surface area contributed by atoms with Gasteiger partial charge in [-0.3, -0.25) is 4.79 Å². The molecule has 1 amide bonds. The maximum absolute atomic E-state index is 12.4. The van der Waals surface area contributed by atoms with Crippen LogP contribution in [0.15, 0.2) is 48.5 Å². The summed E-state index contributed by atoms with van der Waals surface area (Å²) in [5, 5.41) is 4.10. The number of amides is 1. The number of hydrogen-bond donors (Lipinski definition) is 1. The van der Waals surface area contributed by atoms with Gasteiger partial charge >= 0.3 is 0 Å². The third-order valence-electron chi connectivity index (χ3n) is 4.71. The van der Waals surface area contributed by atoms with E-state index in [0.717, 1.165) is 42.3 Å². The molecule has 1 aliphatic heterocycles. The Morgan fingerprint density at radius 1 is 1.16 bits per heavy atom. The molecule has 3 aromatic rings. The fraction of sp³-hybridized carbons (Fsp3) is 0.300. The molecule has 5 heteroatoms. The highest BCUT2D eigenvalue weighted by atomic mass is 32.1. The smallest absolute Gasteiger partial charge is 0.227 e. The molecule has 4 nitrogen and oxygen atoms in total. The van der Waals surface area contributed by atoms with Gasteiger partial charge in [0.1, 0.15) is 0 Å². The van der Waals surface area contributed by atoms with Crippen LogP contribution in [-0.4, -0.2) is 24.0 Å². The van der Waals surface area contributed by atoms with Gasteiger partial charge in [-0.15, -0.1) is 0 Å². The van der Waals surface area contributed by atoms with Crippen molar-refractivity contribution in [2.24, 2.45) is 5.92 Å². The molecule has 0 spiro atoms. The molecular formula is C20H21N3OS. The fourth-order valence-corrected chi connectivity index (χ4v) is 4.37. The van der Waals surface area contributed by atoms with Crippen LogP contribution in [0.2, 0.25) is 0 Å². The van der Waals surface area contributed by atoms with Crippen molar-refractivity contribution in [2.45, 2.75) is 19.8 Å². The number of fused-ring (bicyclic) bond motifs is 1. The van der Waals surface area contributed by atoms with E-state index in [-0.39, 0.29) is 11.8 Å². The summed E-state index contributed by atoms with van der Waals surface area (Å²) in [6.07, 6.45) is 1.74. The number of carbonyl (C=O) groups excluding carboxylic acids is 1. The van der Waals surface area contributed by atoms with E-state index in [1.807, 2.05) is 30.3 Å². The zero-order chi connectivity index (χ0) is 17.2. The molecule has 0 radical (unpaired) electrons. The minimum Gasteiger partial charge on any atom is -0.348 e. The number of benzene rings is 2. The maximum atomic E-state index is 12.4. The van der Waals surface area contributed by atoms with Gasteiger partial charge in [0.05, 0.1) is 10.2 Å². The molecule has 1 N–H and O–H groups in total. The van der Waals surface area contributed by atoms with Crippen LogP contribution >= 0.6 is 11.3 Å². The van der Waals surface area contributed by atoms with Gasteiger partial charge in [-0.25, -0.2) is 4.98 Å². The lowest BCUT2D eigenvalue weighted by Crippen LogP contribution is -2.38. The van der Waals surface area contributed by atoms with Gasteiger partial charge in [0.15, 0.2) is 5.13 Å². The Morgan fingerprint density at radius 2 is 1.92 bits per heavy atom. The predicted octanol–water partition coefficient (Wildman–Crippen LogP) is 4.46. The normalized spacial score (nSPS) is 15.5. The summed E-state index contributed by atoms with van der Waals surface area (Å²) in [6.45, 7) is 3.87. The van der Waals surface area contributed by atoms with E-state index < -0.39 is 0 Å². The SMILES string of the molecule is Cc1ccc2nc(N3CCC(C(=O)Nc4ccccc4)CC3)sc2c1. The monoisotopic (exact) mass is 351 g/mol. The first-order valence-corrected chi connectivity index (χ1v) is 9.49. The number of nitrogens with zero attached hydrogens (tertiary/aromatic N) is 2. The molecule has 2 aromatic carbocycles. The highest BCUT2D eigenvalue weighted by Crippen LogP contribution is 2.32. The zero-order valence-corrected chi connectivity index (χ0v) is 15.1.